The molecule has 5 heteroatoms. The number of halogens is 1. The molecule has 1 N–H and O–H groups in total. The first-order valence-electron chi connectivity index (χ1n) is 4.79. The van der Waals surface area contributed by atoms with Crippen molar-refractivity contribution in [2.45, 2.75) is 24.2 Å². The third kappa shape index (κ3) is 1.89. The van der Waals surface area contributed by atoms with E-state index in [1.807, 2.05) is 0 Å². The maximum atomic E-state index is 11.6. The summed E-state index contributed by atoms with van der Waals surface area (Å²) in [6, 6.07) is 3.46. The van der Waals surface area contributed by atoms with Crippen LogP contribution in [-0.4, -0.2) is 15.5 Å². The average Bonchev–Trinajstić information content (AvgIpc) is 2.63. The van der Waals surface area contributed by atoms with Crippen molar-refractivity contribution >= 4 is 21.6 Å². The Morgan fingerprint density at radius 3 is 2.47 bits per heavy atom. The highest BCUT2D eigenvalue weighted by atomic mass is 35.5. The first-order chi connectivity index (χ1) is 7.04. The third-order valence-corrected chi connectivity index (χ3v) is 4.58. The minimum absolute atomic E-state index is 0.187. The molecule has 0 unspecified atom stereocenters. The zero-order valence-corrected chi connectivity index (χ0v) is 9.95. The molecular weight excluding hydrogens is 234 g/mol. The number of hydrogen-bond acceptors (Lipinski definition) is 2. The van der Waals surface area contributed by atoms with Crippen LogP contribution >= 0.6 is 11.6 Å². The van der Waals surface area contributed by atoms with E-state index in [9.17, 15) is 8.42 Å². The van der Waals surface area contributed by atoms with Crippen LogP contribution in [0.1, 0.15) is 17.5 Å². The molecule has 0 atom stereocenters. The molecule has 1 aliphatic carbocycles. The number of hydrogen-bond donors (Lipinski definition) is 1. The largest absolute Gasteiger partial charge is 0.241 e. The van der Waals surface area contributed by atoms with E-state index in [0.717, 1.165) is 24.8 Å². The van der Waals surface area contributed by atoms with Gasteiger partial charge in [-0.25, -0.2) is 13.1 Å². The SMILES string of the molecule is CNS(=O)(=O)c1cc2c(cc1Cl)CCC2. The molecule has 82 valence electrons. The lowest BCUT2D eigenvalue weighted by Crippen LogP contribution is -2.19. The Hall–Kier alpha value is -0.580. The standard InChI is InChI=1S/C10H12ClNO2S/c1-12-15(13,14)10-6-8-4-2-3-7(8)5-9(10)11/h5-6,12H,2-4H2,1H3. The Kier molecular flexibility index (Phi) is 2.75. The van der Waals surface area contributed by atoms with E-state index in [2.05, 4.69) is 4.72 Å². The fourth-order valence-electron chi connectivity index (χ4n) is 1.89. The number of aryl methyl sites for hydroxylation is 2. The fraction of sp³-hybridized carbons (Fsp3) is 0.400. The molecule has 1 aromatic rings. The molecule has 0 aromatic heterocycles. The number of sulfonamides is 1. The molecule has 0 fully saturated rings. The normalized spacial score (nSPS) is 15.3. The summed E-state index contributed by atoms with van der Waals surface area (Å²) in [5.41, 5.74) is 2.28. The predicted octanol–water partition coefficient (Wildman–Crippen LogP) is 1.74. The van der Waals surface area contributed by atoms with E-state index in [4.69, 9.17) is 11.6 Å². The summed E-state index contributed by atoms with van der Waals surface area (Å²) in [5.74, 6) is 0. The average molecular weight is 246 g/mol. The molecule has 15 heavy (non-hydrogen) atoms. The Bertz CT molecular complexity index is 496. The van der Waals surface area contributed by atoms with Gasteiger partial charge in [-0.05, 0) is 49.6 Å². The van der Waals surface area contributed by atoms with Gasteiger partial charge in [0.1, 0.15) is 4.90 Å². The van der Waals surface area contributed by atoms with Gasteiger partial charge in [-0.15, -0.1) is 0 Å². The maximum absolute atomic E-state index is 11.6. The Balaban J connectivity index is 2.60. The van der Waals surface area contributed by atoms with Crippen molar-refractivity contribution in [3.63, 3.8) is 0 Å². The minimum Gasteiger partial charge on any atom is -0.214 e. The molecule has 3 nitrogen and oxygen atoms in total. The van der Waals surface area contributed by atoms with Gasteiger partial charge in [0.05, 0.1) is 5.02 Å². The lowest BCUT2D eigenvalue weighted by Gasteiger charge is -2.07. The highest BCUT2D eigenvalue weighted by Gasteiger charge is 2.20. The Morgan fingerprint density at radius 1 is 1.27 bits per heavy atom. The van der Waals surface area contributed by atoms with E-state index >= 15 is 0 Å². The third-order valence-electron chi connectivity index (χ3n) is 2.70. The van der Waals surface area contributed by atoms with Crippen LogP contribution in [0.4, 0.5) is 0 Å². The van der Waals surface area contributed by atoms with Crippen LogP contribution in [0, 0.1) is 0 Å². The summed E-state index contributed by atoms with van der Waals surface area (Å²) in [6.07, 6.45) is 3.02. The Labute approximate surface area is 94.5 Å². The molecule has 0 saturated carbocycles. The molecule has 0 spiro atoms. The van der Waals surface area contributed by atoms with Gasteiger partial charge in [0.15, 0.2) is 0 Å². The number of fused-ring (bicyclic) bond motifs is 1. The van der Waals surface area contributed by atoms with Crippen LogP contribution in [0.25, 0.3) is 0 Å². The summed E-state index contributed by atoms with van der Waals surface area (Å²) in [4.78, 5) is 0.187. The molecule has 0 aliphatic heterocycles. The van der Waals surface area contributed by atoms with Crippen molar-refractivity contribution in [3.8, 4) is 0 Å². The van der Waals surface area contributed by atoms with Gasteiger partial charge in [0.25, 0.3) is 0 Å². The lowest BCUT2D eigenvalue weighted by atomic mass is 10.1. The topological polar surface area (TPSA) is 46.2 Å². The second-order valence-corrected chi connectivity index (χ2v) is 5.87. The van der Waals surface area contributed by atoms with Crippen molar-refractivity contribution in [3.05, 3.63) is 28.3 Å². The zero-order chi connectivity index (χ0) is 11.1. The molecule has 0 bridgehead atoms. The van der Waals surface area contributed by atoms with Crippen LogP contribution in [0.15, 0.2) is 17.0 Å². The molecule has 0 radical (unpaired) electrons. The molecule has 1 aliphatic rings. The van der Waals surface area contributed by atoms with Crippen molar-refractivity contribution in [1.29, 1.82) is 0 Å². The van der Waals surface area contributed by atoms with Crippen molar-refractivity contribution in [1.82, 2.24) is 4.72 Å². The second-order valence-electron chi connectivity index (χ2n) is 3.61. The summed E-state index contributed by atoms with van der Waals surface area (Å²) in [7, 11) is -2.04. The molecule has 0 saturated heterocycles. The van der Waals surface area contributed by atoms with Gasteiger partial charge in [-0.3, -0.25) is 0 Å². The molecule has 0 heterocycles. The van der Waals surface area contributed by atoms with Crippen molar-refractivity contribution < 1.29 is 8.42 Å². The molecule has 2 rings (SSSR count). The Morgan fingerprint density at radius 2 is 1.87 bits per heavy atom. The number of benzene rings is 1. The van der Waals surface area contributed by atoms with Crippen LogP contribution in [-0.2, 0) is 22.9 Å². The van der Waals surface area contributed by atoms with Gasteiger partial charge in [0.2, 0.25) is 10.0 Å². The summed E-state index contributed by atoms with van der Waals surface area (Å²) in [5, 5.41) is 0.310. The van der Waals surface area contributed by atoms with Crippen molar-refractivity contribution in [2.24, 2.45) is 0 Å². The van der Waals surface area contributed by atoms with Crippen molar-refractivity contribution in [2.75, 3.05) is 7.05 Å². The van der Waals surface area contributed by atoms with Crippen LogP contribution in [0.2, 0.25) is 5.02 Å². The van der Waals surface area contributed by atoms with Gasteiger partial charge in [-0.1, -0.05) is 11.6 Å². The second kappa shape index (κ2) is 3.77. The first-order valence-corrected chi connectivity index (χ1v) is 6.65. The summed E-state index contributed by atoms with van der Waals surface area (Å²) >= 11 is 5.95. The highest BCUT2D eigenvalue weighted by Crippen LogP contribution is 2.30. The lowest BCUT2D eigenvalue weighted by molar-refractivity contribution is 0.588. The summed E-state index contributed by atoms with van der Waals surface area (Å²) < 4.78 is 25.5. The van der Waals surface area contributed by atoms with E-state index in [0.29, 0.717) is 5.02 Å². The van der Waals surface area contributed by atoms with E-state index in [1.54, 1.807) is 12.1 Å². The zero-order valence-electron chi connectivity index (χ0n) is 8.38. The van der Waals surface area contributed by atoms with Gasteiger partial charge < -0.3 is 0 Å². The first kappa shape index (κ1) is 10.9. The van der Waals surface area contributed by atoms with Gasteiger partial charge >= 0.3 is 0 Å². The molecule has 1 aromatic carbocycles. The highest BCUT2D eigenvalue weighted by molar-refractivity contribution is 7.89. The monoisotopic (exact) mass is 245 g/mol. The van der Waals surface area contributed by atoms with E-state index in [-0.39, 0.29) is 4.90 Å². The molecule has 0 amide bonds. The van der Waals surface area contributed by atoms with Crippen LogP contribution in [0.5, 0.6) is 0 Å². The smallest absolute Gasteiger partial charge is 0.214 e. The number of nitrogens with one attached hydrogen (secondary N) is 1. The fourth-order valence-corrected chi connectivity index (χ4v) is 3.21. The minimum atomic E-state index is -3.43. The van der Waals surface area contributed by atoms with E-state index in [1.165, 1.54) is 12.6 Å². The molecular formula is C10H12ClNO2S. The number of rotatable bonds is 2. The van der Waals surface area contributed by atoms with Crippen LogP contribution in [0.3, 0.4) is 0 Å². The maximum Gasteiger partial charge on any atom is 0.241 e. The predicted molar refractivity (Wildman–Crippen MR) is 59.7 cm³/mol. The van der Waals surface area contributed by atoms with E-state index < -0.39 is 10.0 Å². The van der Waals surface area contributed by atoms with Gasteiger partial charge in [-0.2, -0.15) is 0 Å². The summed E-state index contributed by atoms with van der Waals surface area (Å²) in [6.45, 7) is 0. The van der Waals surface area contributed by atoms with Gasteiger partial charge in [0, 0.05) is 0 Å². The van der Waals surface area contributed by atoms with Crippen LogP contribution < -0.4 is 4.72 Å². The quantitative estimate of drug-likeness (QED) is 0.863.